The van der Waals surface area contributed by atoms with Gasteiger partial charge in [-0.25, -0.2) is 4.68 Å². The number of aromatic nitrogens is 3. The van der Waals surface area contributed by atoms with Crippen molar-refractivity contribution in [2.24, 2.45) is 11.1 Å². The Labute approximate surface area is 233 Å². The molecule has 40 heavy (non-hydrogen) atoms. The molecule has 0 unspecified atom stereocenters. The van der Waals surface area contributed by atoms with E-state index >= 15 is 0 Å². The van der Waals surface area contributed by atoms with Crippen molar-refractivity contribution in [3.8, 4) is 11.1 Å². The van der Waals surface area contributed by atoms with Gasteiger partial charge in [-0.05, 0) is 34.9 Å². The maximum atomic E-state index is 14.0. The Balaban J connectivity index is 1.35. The molecule has 2 aliphatic rings. The molecule has 5 rings (SSSR count). The number of nitrogens with two attached hydrogens (primary N) is 1. The van der Waals surface area contributed by atoms with Crippen LogP contribution in [0, 0.1) is 5.41 Å². The first kappa shape index (κ1) is 27.5. The van der Waals surface area contributed by atoms with Crippen LogP contribution in [0.5, 0.6) is 0 Å². The fourth-order valence-corrected chi connectivity index (χ4v) is 5.38. The minimum atomic E-state index is -1.10. The minimum absolute atomic E-state index is 0.000685. The van der Waals surface area contributed by atoms with E-state index in [1.807, 2.05) is 69.4 Å². The lowest BCUT2D eigenvalue weighted by Gasteiger charge is -2.34. The van der Waals surface area contributed by atoms with Gasteiger partial charge in [-0.2, -0.15) is 0 Å². The molecule has 3 aromatic rings. The summed E-state index contributed by atoms with van der Waals surface area (Å²) in [7, 11) is 0. The molecule has 0 radical (unpaired) electrons. The first-order valence-corrected chi connectivity index (χ1v) is 13.7. The Morgan fingerprint density at radius 1 is 1.02 bits per heavy atom. The number of aliphatic hydroxyl groups is 1. The largest absolute Gasteiger partial charge is 0.391 e. The lowest BCUT2D eigenvalue weighted by Crippen LogP contribution is -2.52. The van der Waals surface area contributed by atoms with E-state index in [0.29, 0.717) is 11.5 Å². The maximum Gasteiger partial charge on any atom is 0.248 e. The number of primary amides is 1. The molecule has 2 fully saturated rings. The average Bonchev–Trinajstić information content (AvgIpc) is 3.53. The Morgan fingerprint density at radius 2 is 1.68 bits per heavy atom. The van der Waals surface area contributed by atoms with Gasteiger partial charge in [0.25, 0.3) is 0 Å². The van der Waals surface area contributed by atoms with Gasteiger partial charge in [0.15, 0.2) is 0 Å². The van der Waals surface area contributed by atoms with E-state index in [2.05, 4.69) is 15.6 Å². The van der Waals surface area contributed by atoms with Crippen LogP contribution in [0.1, 0.15) is 69.3 Å². The van der Waals surface area contributed by atoms with Crippen molar-refractivity contribution in [3.05, 3.63) is 72.1 Å². The van der Waals surface area contributed by atoms with Gasteiger partial charge in [0.2, 0.25) is 17.7 Å². The van der Waals surface area contributed by atoms with Crippen LogP contribution in [-0.2, 0) is 14.4 Å². The summed E-state index contributed by atoms with van der Waals surface area (Å²) in [5, 5.41) is 21.8. The number of aliphatic hydroxyl groups excluding tert-OH is 1. The Morgan fingerprint density at radius 3 is 2.27 bits per heavy atom. The molecule has 10 heteroatoms. The molecule has 1 saturated heterocycles. The van der Waals surface area contributed by atoms with Gasteiger partial charge in [0.05, 0.1) is 11.8 Å². The molecule has 210 valence electrons. The number of hydrogen-bond acceptors (Lipinski definition) is 6. The standard InChI is InChI=1S/C30H36N6O4/c1-30(2,3)26(36-17-23(33-34-36)20-11-12-20)29(40)35-16-22(37)15-24(35)28(39)32-25(27(31)38)21-13-9-19(10-14-21)18-7-5-4-6-8-18/h4-10,13-14,17,20,22,24-26,37H,11-12,15-16H2,1-3H3,(H2,31,38)(H,32,39)/t22-,24+,25-,26-/m1/s1. The van der Waals surface area contributed by atoms with Gasteiger partial charge in [-0.15, -0.1) is 5.10 Å². The van der Waals surface area contributed by atoms with Crippen LogP contribution in [0.3, 0.4) is 0 Å². The van der Waals surface area contributed by atoms with Crippen LogP contribution >= 0.6 is 0 Å². The predicted molar refractivity (Wildman–Crippen MR) is 149 cm³/mol. The molecule has 0 bridgehead atoms. The molecule has 1 aliphatic heterocycles. The van der Waals surface area contributed by atoms with E-state index in [4.69, 9.17) is 5.73 Å². The molecular weight excluding hydrogens is 508 g/mol. The highest BCUT2D eigenvalue weighted by Crippen LogP contribution is 2.40. The summed E-state index contributed by atoms with van der Waals surface area (Å²) in [6.07, 6.45) is 3.11. The highest BCUT2D eigenvalue weighted by Gasteiger charge is 2.46. The third-order valence-corrected chi connectivity index (χ3v) is 7.63. The molecule has 1 aliphatic carbocycles. The van der Waals surface area contributed by atoms with Gasteiger partial charge in [-0.1, -0.05) is 80.6 Å². The van der Waals surface area contributed by atoms with Crippen molar-refractivity contribution in [1.29, 1.82) is 0 Å². The molecule has 2 aromatic carbocycles. The van der Waals surface area contributed by atoms with Crippen molar-refractivity contribution >= 4 is 17.7 Å². The molecule has 10 nitrogen and oxygen atoms in total. The normalized spacial score (nSPS) is 20.6. The third kappa shape index (κ3) is 5.77. The number of hydrogen-bond donors (Lipinski definition) is 3. The zero-order valence-electron chi connectivity index (χ0n) is 23.0. The number of nitrogens with zero attached hydrogens (tertiary/aromatic N) is 4. The van der Waals surface area contributed by atoms with E-state index in [1.54, 1.807) is 16.8 Å². The van der Waals surface area contributed by atoms with Gasteiger partial charge in [0.1, 0.15) is 18.1 Å². The van der Waals surface area contributed by atoms with Gasteiger partial charge < -0.3 is 21.1 Å². The summed E-state index contributed by atoms with van der Waals surface area (Å²) in [6.45, 7) is 5.79. The number of amides is 3. The zero-order chi connectivity index (χ0) is 28.6. The number of benzene rings is 2. The number of carbonyl (C=O) groups excluding carboxylic acids is 3. The lowest BCUT2D eigenvalue weighted by atomic mass is 9.85. The second-order valence-electron chi connectivity index (χ2n) is 11.9. The average molecular weight is 545 g/mol. The van der Waals surface area contributed by atoms with Gasteiger partial charge >= 0.3 is 0 Å². The number of likely N-dealkylation sites (tertiary alicyclic amines) is 1. The monoisotopic (exact) mass is 544 g/mol. The molecule has 1 aromatic heterocycles. The van der Waals surface area contributed by atoms with Crippen LogP contribution in [0.4, 0.5) is 0 Å². The Bertz CT molecular complexity index is 1380. The number of nitrogens with one attached hydrogen (secondary N) is 1. The maximum absolute atomic E-state index is 14.0. The minimum Gasteiger partial charge on any atom is -0.391 e. The van der Waals surface area contributed by atoms with E-state index < -0.39 is 41.5 Å². The Hall–Kier alpha value is -4.05. The molecule has 4 atom stereocenters. The number of β-amino-alcohol motifs (C(OH)–C–C–N with tert-alkyl or cyclic N) is 1. The molecule has 0 spiro atoms. The van der Waals surface area contributed by atoms with Crippen LogP contribution < -0.4 is 11.1 Å². The second-order valence-corrected chi connectivity index (χ2v) is 11.9. The van der Waals surface area contributed by atoms with Crippen LogP contribution in [0.25, 0.3) is 11.1 Å². The quantitative estimate of drug-likeness (QED) is 0.398. The van der Waals surface area contributed by atoms with Crippen molar-refractivity contribution in [3.63, 3.8) is 0 Å². The fourth-order valence-electron chi connectivity index (χ4n) is 5.38. The molecule has 1 saturated carbocycles. The van der Waals surface area contributed by atoms with E-state index in [1.165, 1.54) is 4.90 Å². The first-order chi connectivity index (χ1) is 19.0. The summed E-state index contributed by atoms with van der Waals surface area (Å²) in [4.78, 5) is 41.3. The number of rotatable bonds is 8. The third-order valence-electron chi connectivity index (χ3n) is 7.63. The highest BCUT2D eigenvalue weighted by atomic mass is 16.3. The fraction of sp³-hybridized carbons (Fsp3) is 0.433. The van der Waals surface area contributed by atoms with Crippen molar-refractivity contribution < 1.29 is 19.5 Å². The van der Waals surface area contributed by atoms with E-state index in [-0.39, 0.29) is 18.9 Å². The van der Waals surface area contributed by atoms with Crippen LogP contribution in [0.2, 0.25) is 0 Å². The Kier molecular flexibility index (Phi) is 7.46. The van der Waals surface area contributed by atoms with Crippen molar-refractivity contribution in [2.75, 3.05) is 6.54 Å². The highest BCUT2D eigenvalue weighted by molar-refractivity contribution is 5.93. The lowest BCUT2D eigenvalue weighted by molar-refractivity contribution is -0.144. The second kappa shape index (κ2) is 10.8. The van der Waals surface area contributed by atoms with Crippen LogP contribution in [-0.4, -0.2) is 61.4 Å². The zero-order valence-corrected chi connectivity index (χ0v) is 23.0. The SMILES string of the molecule is CC(C)(C)[C@@H](C(=O)N1C[C@H](O)C[C@H]1C(=O)N[C@@H](C(N)=O)c1ccc(-c2ccccc2)cc1)n1cc(C2CC2)nn1. The summed E-state index contributed by atoms with van der Waals surface area (Å²) < 4.78 is 1.58. The molecular formula is C30H36N6O4. The first-order valence-electron chi connectivity index (χ1n) is 13.7. The number of carbonyl (C=O) groups is 3. The summed E-state index contributed by atoms with van der Waals surface area (Å²) >= 11 is 0. The van der Waals surface area contributed by atoms with Crippen molar-refractivity contribution in [1.82, 2.24) is 25.2 Å². The molecule has 2 heterocycles. The van der Waals surface area contributed by atoms with Gasteiger partial charge in [0, 0.05) is 25.1 Å². The summed E-state index contributed by atoms with van der Waals surface area (Å²) in [5.74, 6) is -1.23. The van der Waals surface area contributed by atoms with Crippen LogP contribution in [0.15, 0.2) is 60.8 Å². The smallest absolute Gasteiger partial charge is 0.248 e. The molecule has 3 amide bonds. The van der Waals surface area contributed by atoms with Gasteiger partial charge in [-0.3, -0.25) is 14.4 Å². The van der Waals surface area contributed by atoms with Crippen molar-refractivity contribution in [2.45, 2.75) is 70.2 Å². The summed E-state index contributed by atoms with van der Waals surface area (Å²) in [5.41, 5.74) is 8.52. The topological polar surface area (TPSA) is 143 Å². The molecule has 4 N–H and O–H groups in total. The van der Waals surface area contributed by atoms with E-state index in [0.717, 1.165) is 29.7 Å². The predicted octanol–water partition coefficient (Wildman–Crippen LogP) is 2.71. The summed E-state index contributed by atoms with van der Waals surface area (Å²) in [6, 6.07) is 14.2. The van der Waals surface area contributed by atoms with E-state index in [9.17, 15) is 19.5 Å².